The first-order chi connectivity index (χ1) is 23.9. The first-order valence-electron chi connectivity index (χ1n) is 17.2. The highest BCUT2D eigenvalue weighted by atomic mass is 16.3. The van der Waals surface area contributed by atoms with Crippen molar-refractivity contribution in [3.05, 3.63) is 157 Å². The molecule has 0 amide bonds. The third kappa shape index (κ3) is 4.32. The molecule has 0 unspecified atom stereocenters. The minimum absolute atomic E-state index is 0.0719. The lowest BCUT2D eigenvalue weighted by molar-refractivity contribution is 0.591. The highest BCUT2D eigenvalue weighted by molar-refractivity contribution is 6.28. The average Bonchev–Trinajstić information content (AvgIpc) is 3.50. The first-order valence-corrected chi connectivity index (χ1v) is 17.2. The van der Waals surface area contributed by atoms with Crippen molar-refractivity contribution in [3.8, 4) is 33.4 Å². The Morgan fingerprint density at radius 1 is 0.367 bits per heavy atom. The van der Waals surface area contributed by atoms with E-state index < -0.39 is 0 Å². The maximum absolute atomic E-state index is 6.67. The van der Waals surface area contributed by atoms with Gasteiger partial charge in [-0.3, -0.25) is 0 Å². The van der Waals surface area contributed by atoms with E-state index in [9.17, 15) is 0 Å². The summed E-state index contributed by atoms with van der Waals surface area (Å²) in [5, 5.41) is 12.6. The van der Waals surface area contributed by atoms with Crippen LogP contribution in [0.5, 0.6) is 0 Å². The van der Waals surface area contributed by atoms with Crippen molar-refractivity contribution >= 4 is 65.0 Å². The van der Waals surface area contributed by atoms with E-state index >= 15 is 0 Å². The SMILES string of the molecule is CC(C)(C)c1cc2ccc3c(-c4ccccc4)cc(-c4ccc5c(c4)oc4cc(-c6cccc7ccccc67)ccc45)c4ccc(c1)c2c34. The Labute approximate surface area is 285 Å². The van der Waals surface area contributed by atoms with Gasteiger partial charge in [0.15, 0.2) is 0 Å². The summed E-state index contributed by atoms with van der Waals surface area (Å²) in [6, 6.07) is 55.8. The summed E-state index contributed by atoms with van der Waals surface area (Å²) in [6.07, 6.45) is 0. The van der Waals surface area contributed by atoms with Crippen molar-refractivity contribution in [1.29, 1.82) is 0 Å². The van der Waals surface area contributed by atoms with Crippen LogP contribution in [0.25, 0.3) is 98.4 Å². The van der Waals surface area contributed by atoms with Crippen LogP contribution in [0.15, 0.2) is 156 Å². The lowest BCUT2D eigenvalue weighted by Crippen LogP contribution is -2.10. The fourth-order valence-corrected chi connectivity index (χ4v) is 8.03. The van der Waals surface area contributed by atoms with E-state index in [0.717, 1.165) is 33.1 Å². The molecule has 0 aliphatic heterocycles. The van der Waals surface area contributed by atoms with Gasteiger partial charge in [0.05, 0.1) is 0 Å². The molecular weight excluding hydrogens is 593 g/mol. The van der Waals surface area contributed by atoms with Gasteiger partial charge >= 0.3 is 0 Å². The second-order valence-electron chi connectivity index (χ2n) is 14.5. The molecule has 1 nitrogen and oxygen atoms in total. The van der Waals surface area contributed by atoms with Gasteiger partial charge in [-0.05, 0) is 118 Å². The Kier molecular flexibility index (Phi) is 5.91. The number of hydrogen-bond acceptors (Lipinski definition) is 1. The molecule has 1 heterocycles. The van der Waals surface area contributed by atoms with Gasteiger partial charge in [-0.1, -0.05) is 142 Å². The quantitative estimate of drug-likeness (QED) is 0.178. The minimum atomic E-state index is 0.0719. The van der Waals surface area contributed by atoms with Crippen molar-refractivity contribution in [2.75, 3.05) is 0 Å². The monoisotopic (exact) mass is 626 g/mol. The van der Waals surface area contributed by atoms with Crippen molar-refractivity contribution in [3.63, 3.8) is 0 Å². The summed E-state index contributed by atoms with van der Waals surface area (Å²) < 4.78 is 6.67. The van der Waals surface area contributed by atoms with Crippen LogP contribution in [-0.2, 0) is 5.41 Å². The molecule has 1 heteroatoms. The van der Waals surface area contributed by atoms with Crippen molar-refractivity contribution in [1.82, 2.24) is 0 Å². The largest absolute Gasteiger partial charge is 0.456 e. The van der Waals surface area contributed by atoms with Crippen LogP contribution in [0.2, 0.25) is 0 Å². The van der Waals surface area contributed by atoms with Crippen molar-refractivity contribution < 1.29 is 4.42 Å². The molecule has 232 valence electrons. The Hall–Kier alpha value is -5.92. The number of benzene rings is 9. The standard InChI is InChI=1S/C48H34O/c1-48(2,3)35-24-33-18-22-40-42(30-10-5-4-6-11-30)28-43(41-23-19-34(25-35)46(33)47(40)41)32-17-21-39-38-20-16-31(26-44(38)49-45(39)27-32)37-15-9-13-29-12-7-8-14-36(29)37/h4-28H,1-3H3. The van der Waals surface area contributed by atoms with Gasteiger partial charge in [0.25, 0.3) is 0 Å². The molecule has 0 radical (unpaired) electrons. The normalized spacial score (nSPS) is 12.4. The van der Waals surface area contributed by atoms with Gasteiger partial charge in [0.2, 0.25) is 0 Å². The molecule has 10 rings (SSSR count). The highest BCUT2D eigenvalue weighted by Crippen LogP contribution is 2.46. The maximum Gasteiger partial charge on any atom is 0.136 e. The third-order valence-corrected chi connectivity index (χ3v) is 10.6. The molecule has 0 aliphatic rings. The summed E-state index contributed by atoms with van der Waals surface area (Å²) >= 11 is 0. The van der Waals surface area contributed by atoms with Crippen LogP contribution >= 0.6 is 0 Å². The van der Waals surface area contributed by atoms with Gasteiger partial charge in [-0.2, -0.15) is 0 Å². The van der Waals surface area contributed by atoms with Gasteiger partial charge in [-0.15, -0.1) is 0 Å². The van der Waals surface area contributed by atoms with E-state index in [1.165, 1.54) is 70.9 Å². The van der Waals surface area contributed by atoms with Crippen LogP contribution in [0.4, 0.5) is 0 Å². The Balaban J connectivity index is 1.20. The van der Waals surface area contributed by atoms with Crippen LogP contribution in [0, 0.1) is 0 Å². The number of rotatable bonds is 3. The molecule has 0 aliphatic carbocycles. The fourth-order valence-electron chi connectivity index (χ4n) is 8.03. The number of furan rings is 1. The Bertz CT molecular complexity index is 2870. The molecule has 0 saturated carbocycles. The van der Waals surface area contributed by atoms with Crippen molar-refractivity contribution in [2.24, 2.45) is 0 Å². The molecule has 9 aromatic carbocycles. The van der Waals surface area contributed by atoms with E-state index in [1.807, 2.05) is 0 Å². The van der Waals surface area contributed by atoms with Crippen LogP contribution < -0.4 is 0 Å². The molecule has 0 saturated heterocycles. The summed E-state index contributed by atoms with van der Waals surface area (Å²) in [7, 11) is 0. The Morgan fingerprint density at radius 3 is 1.61 bits per heavy atom. The van der Waals surface area contributed by atoms with E-state index in [1.54, 1.807) is 0 Å². The predicted molar refractivity (Wildman–Crippen MR) is 210 cm³/mol. The second-order valence-corrected chi connectivity index (χ2v) is 14.5. The number of fused-ring (bicyclic) bond motifs is 4. The molecule has 0 spiro atoms. The molecule has 0 fully saturated rings. The predicted octanol–water partition coefficient (Wildman–Crippen LogP) is 13.9. The lowest BCUT2D eigenvalue weighted by atomic mass is 9.81. The van der Waals surface area contributed by atoms with E-state index in [4.69, 9.17) is 4.42 Å². The average molecular weight is 627 g/mol. The molecule has 0 N–H and O–H groups in total. The van der Waals surface area contributed by atoms with E-state index in [2.05, 4.69) is 172 Å². The van der Waals surface area contributed by atoms with Crippen LogP contribution in [-0.4, -0.2) is 0 Å². The zero-order valence-corrected chi connectivity index (χ0v) is 27.8. The molecule has 0 atom stereocenters. The zero-order chi connectivity index (χ0) is 32.9. The minimum Gasteiger partial charge on any atom is -0.456 e. The molecule has 49 heavy (non-hydrogen) atoms. The fraction of sp³-hybridized carbons (Fsp3) is 0.0833. The topological polar surface area (TPSA) is 13.1 Å². The third-order valence-electron chi connectivity index (χ3n) is 10.6. The van der Waals surface area contributed by atoms with Crippen molar-refractivity contribution in [2.45, 2.75) is 26.2 Å². The van der Waals surface area contributed by atoms with E-state index in [-0.39, 0.29) is 5.41 Å². The summed E-state index contributed by atoms with van der Waals surface area (Å²) in [6.45, 7) is 6.89. The zero-order valence-electron chi connectivity index (χ0n) is 27.8. The highest BCUT2D eigenvalue weighted by Gasteiger charge is 2.21. The lowest BCUT2D eigenvalue weighted by Gasteiger charge is -2.23. The molecular formula is C48H34O. The van der Waals surface area contributed by atoms with Gasteiger partial charge < -0.3 is 4.42 Å². The number of hydrogen-bond donors (Lipinski definition) is 0. The summed E-state index contributed by atoms with van der Waals surface area (Å²) in [5.41, 5.74) is 10.5. The molecule has 1 aromatic heterocycles. The van der Waals surface area contributed by atoms with Gasteiger partial charge in [0.1, 0.15) is 11.2 Å². The van der Waals surface area contributed by atoms with Gasteiger partial charge in [-0.25, -0.2) is 0 Å². The molecule has 10 aromatic rings. The van der Waals surface area contributed by atoms with E-state index in [0.29, 0.717) is 0 Å². The maximum atomic E-state index is 6.67. The summed E-state index contributed by atoms with van der Waals surface area (Å²) in [4.78, 5) is 0. The second kappa shape index (κ2) is 10.3. The van der Waals surface area contributed by atoms with Crippen LogP contribution in [0.1, 0.15) is 26.3 Å². The first kappa shape index (κ1) is 28.1. The summed E-state index contributed by atoms with van der Waals surface area (Å²) in [5.74, 6) is 0. The molecule has 0 bridgehead atoms. The van der Waals surface area contributed by atoms with Gasteiger partial charge in [0, 0.05) is 10.8 Å². The van der Waals surface area contributed by atoms with Crippen LogP contribution in [0.3, 0.4) is 0 Å². The smallest absolute Gasteiger partial charge is 0.136 e. The Morgan fingerprint density at radius 2 is 0.939 bits per heavy atom.